The number of carbonyl (C=O) groups excluding carboxylic acids is 1. The van der Waals surface area contributed by atoms with Gasteiger partial charge in [0.05, 0.1) is 55.3 Å². The van der Waals surface area contributed by atoms with Gasteiger partial charge in [0, 0.05) is 30.3 Å². The fourth-order valence-corrected chi connectivity index (χ4v) is 4.68. The number of hydrogen-bond donors (Lipinski definition) is 3. The van der Waals surface area contributed by atoms with Gasteiger partial charge in [0.25, 0.3) is 0 Å². The van der Waals surface area contributed by atoms with Crippen LogP contribution in [0.2, 0.25) is 10.0 Å². The molecule has 3 heterocycles. The van der Waals surface area contributed by atoms with Gasteiger partial charge >= 0.3 is 6.09 Å². The standard InChI is InChI=1S/C25H30Cl2N6O5/c1-25(2,3)38-24(34)32-15-11-37-10-14(15)31-23-29-9-12-7-13(30-22(28-4)21(12)33-23)18-19(26)16(35-5)8-17(36-6)20(18)27/h7-9,14-15H,10-11H2,1-6H3,(H,28,30)(H,32,34)(H,29,31,33)/t14-,15+/m1/s1. The smallest absolute Gasteiger partial charge is 0.408 e. The maximum atomic E-state index is 12.2. The van der Waals surface area contributed by atoms with Crippen LogP contribution in [0.1, 0.15) is 20.8 Å². The lowest BCUT2D eigenvalue weighted by atomic mass is 10.1. The number of benzene rings is 1. The molecule has 204 valence electrons. The lowest BCUT2D eigenvalue weighted by Crippen LogP contribution is -2.47. The highest BCUT2D eigenvalue weighted by Crippen LogP contribution is 2.46. The minimum Gasteiger partial charge on any atom is -0.495 e. The Kier molecular flexibility index (Phi) is 8.19. The van der Waals surface area contributed by atoms with E-state index in [2.05, 4.69) is 25.9 Å². The maximum absolute atomic E-state index is 12.2. The fraction of sp³-hybridized carbons (Fsp3) is 0.440. The summed E-state index contributed by atoms with van der Waals surface area (Å²) in [6.45, 7) is 6.13. The maximum Gasteiger partial charge on any atom is 0.408 e. The number of fused-ring (bicyclic) bond motifs is 1. The molecule has 1 fully saturated rings. The van der Waals surface area contributed by atoms with Crippen LogP contribution in [-0.4, -0.2) is 73.2 Å². The molecule has 0 aliphatic carbocycles. The van der Waals surface area contributed by atoms with Gasteiger partial charge in [-0.05, 0) is 26.8 Å². The molecule has 11 nitrogen and oxygen atoms in total. The largest absolute Gasteiger partial charge is 0.495 e. The molecule has 13 heteroatoms. The van der Waals surface area contributed by atoms with Gasteiger partial charge in [0.2, 0.25) is 5.95 Å². The molecule has 1 saturated heterocycles. The first-order chi connectivity index (χ1) is 18.0. The zero-order valence-electron chi connectivity index (χ0n) is 21.9. The SMILES string of the molecule is CNc1nc(-c2c(Cl)c(OC)cc(OC)c2Cl)cc2cnc(N[C@@H]3COC[C@@H]3NC(=O)OC(C)(C)C)nc12. The van der Waals surface area contributed by atoms with Crippen molar-refractivity contribution in [3.63, 3.8) is 0 Å². The number of alkyl carbamates (subject to hydrolysis) is 1. The molecule has 0 bridgehead atoms. The normalized spacial score (nSPS) is 17.3. The van der Waals surface area contributed by atoms with E-state index < -0.39 is 11.7 Å². The monoisotopic (exact) mass is 564 g/mol. The predicted octanol–water partition coefficient (Wildman–Crippen LogP) is 4.76. The number of ether oxygens (including phenoxy) is 4. The molecule has 0 radical (unpaired) electrons. The van der Waals surface area contributed by atoms with Gasteiger partial charge in [-0.1, -0.05) is 23.2 Å². The van der Waals surface area contributed by atoms with E-state index in [0.29, 0.717) is 68.7 Å². The molecule has 0 unspecified atom stereocenters. The van der Waals surface area contributed by atoms with Gasteiger partial charge in [-0.2, -0.15) is 0 Å². The van der Waals surface area contributed by atoms with E-state index in [1.54, 1.807) is 25.4 Å². The summed E-state index contributed by atoms with van der Waals surface area (Å²) in [5, 5.41) is 10.5. The van der Waals surface area contributed by atoms with E-state index in [9.17, 15) is 4.79 Å². The van der Waals surface area contributed by atoms with Gasteiger partial charge in [-0.25, -0.2) is 19.7 Å². The molecule has 38 heavy (non-hydrogen) atoms. The van der Waals surface area contributed by atoms with Gasteiger partial charge in [-0.15, -0.1) is 0 Å². The third-order valence-corrected chi connectivity index (χ3v) is 6.48. The fourth-order valence-electron chi connectivity index (χ4n) is 3.99. The summed E-state index contributed by atoms with van der Waals surface area (Å²) in [6, 6.07) is 2.83. The van der Waals surface area contributed by atoms with Crippen molar-refractivity contribution in [2.75, 3.05) is 45.1 Å². The van der Waals surface area contributed by atoms with Crippen molar-refractivity contribution in [1.29, 1.82) is 0 Å². The van der Waals surface area contributed by atoms with E-state index in [1.165, 1.54) is 14.2 Å². The van der Waals surface area contributed by atoms with Crippen molar-refractivity contribution in [2.45, 2.75) is 38.5 Å². The number of halogens is 2. The molecule has 2 aromatic heterocycles. The van der Waals surface area contributed by atoms with Crippen LogP contribution in [0.15, 0.2) is 18.3 Å². The Bertz CT molecular complexity index is 1320. The summed E-state index contributed by atoms with van der Waals surface area (Å²) in [4.78, 5) is 26.1. The third-order valence-electron chi connectivity index (χ3n) is 5.73. The topological polar surface area (TPSA) is 129 Å². The van der Waals surface area contributed by atoms with Crippen molar-refractivity contribution >= 4 is 52.0 Å². The van der Waals surface area contributed by atoms with Crippen LogP contribution >= 0.6 is 23.2 Å². The summed E-state index contributed by atoms with van der Waals surface area (Å²) < 4.78 is 21.7. The minimum absolute atomic E-state index is 0.257. The first kappa shape index (κ1) is 27.7. The van der Waals surface area contributed by atoms with Crippen LogP contribution in [0, 0.1) is 0 Å². The Morgan fingerprint density at radius 1 is 1.05 bits per heavy atom. The molecule has 3 N–H and O–H groups in total. The quantitative estimate of drug-likeness (QED) is 0.369. The number of nitrogens with one attached hydrogen (secondary N) is 3. The van der Waals surface area contributed by atoms with Crippen LogP contribution in [0.3, 0.4) is 0 Å². The molecule has 1 amide bonds. The van der Waals surface area contributed by atoms with E-state index in [-0.39, 0.29) is 12.1 Å². The number of hydrogen-bond acceptors (Lipinski definition) is 10. The van der Waals surface area contributed by atoms with Crippen LogP contribution in [0.5, 0.6) is 11.5 Å². The number of rotatable bonds is 7. The average molecular weight is 565 g/mol. The highest BCUT2D eigenvalue weighted by molar-refractivity contribution is 6.41. The Labute approximate surface area is 230 Å². The Hall–Kier alpha value is -3.28. The first-order valence-corrected chi connectivity index (χ1v) is 12.6. The predicted molar refractivity (Wildman–Crippen MR) is 147 cm³/mol. The minimum atomic E-state index is -0.603. The Morgan fingerprint density at radius 2 is 1.71 bits per heavy atom. The molecular weight excluding hydrogens is 535 g/mol. The summed E-state index contributed by atoms with van der Waals surface area (Å²) >= 11 is 13.2. The Balaban J connectivity index is 1.64. The number of methoxy groups -OCH3 is 2. The van der Waals surface area contributed by atoms with Gasteiger partial charge in [0.15, 0.2) is 5.82 Å². The lowest BCUT2D eigenvalue weighted by molar-refractivity contribution is 0.0497. The van der Waals surface area contributed by atoms with E-state index in [0.717, 1.165) is 0 Å². The second-order valence-electron chi connectivity index (χ2n) is 9.56. The van der Waals surface area contributed by atoms with E-state index >= 15 is 0 Å². The van der Waals surface area contributed by atoms with Crippen LogP contribution in [0.25, 0.3) is 22.2 Å². The van der Waals surface area contributed by atoms with Crippen molar-refractivity contribution < 1.29 is 23.7 Å². The second kappa shape index (κ2) is 11.2. The first-order valence-electron chi connectivity index (χ1n) is 11.8. The number of amides is 1. The van der Waals surface area contributed by atoms with Gasteiger partial charge < -0.3 is 34.9 Å². The summed E-state index contributed by atoms with van der Waals surface area (Å²) in [6.07, 6.45) is 1.15. The average Bonchev–Trinajstić information content (AvgIpc) is 3.28. The highest BCUT2D eigenvalue weighted by atomic mass is 35.5. The molecule has 1 aliphatic rings. The van der Waals surface area contributed by atoms with Gasteiger partial charge in [-0.3, -0.25) is 0 Å². The molecule has 4 rings (SSSR count). The lowest BCUT2D eigenvalue weighted by Gasteiger charge is -2.24. The van der Waals surface area contributed by atoms with Crippen LogP contribution in [0.4, 0.5) is 16.6 Å². The zero-order valence-corrected chi connectivity index (χ0v) is 23.5. The van der Waals surface area contributed by atoms with Crippen molar-refractivity contribution in [2.24, 2.45) is 0 Å². The molecule has 0 saturated carbocycles. The molecular formula is C25H30Cl2N6O5. The van der Waals surface area contributed by atoms with Crippen molar-refractivity contribution in [1.82, 2.24) is 20.3 Å². The van der Waals surface area contributed by atoms with Gasteiger partial charge in [0.1, 0.15) is 22.6 Å². The van der Waals surface area contributed by atoms with Crippen LogP contribution in [-0.2, 0) is 9.47 Å². The molecule has 0 spiro atoms. The number of carbonyl (C=O) groups is 1. The van der Waals surface area contributed by atoms with E-state index in [1.807, 2.05) is 20.8 Å². The second-order valence-corrected chi connectivity index (χ2v) is 10.3. The van der Waals surface area contributed by atoms with Crippen molar-refractivity contribution in [3.05, 3.63) is 28.4 Å². The van der Waals surface area contributed by atoms with E-state index in [4.69, 9.17) is 47.1 Å². The van der Waals surface area contributed by atoms with Crippen molar-refractivity contribution in [3.8, 4) is 22.8 Å². The number of pyridine rings is 1. The number of nitrogens with zero attached hydrogens (tertiary/aromatic N) is 3. The molecule has 3 aromatic rings. The number of aromatic nitrogens is 3. The third kappa shape index (κ3) is 5.90. The summed E-state index contributed by atoms with van der Waals surface area (Å²) in [5.41, 5.74) is 0.924. The zero-order chi connectivity index (χ0) is 27.6. The van der Waals surface area contributed by atoms with Crippen LogP contribution < -0.4 is 25.4 Å². The summed E-state index contributed by atoms with van der Waals surface area (Å²) in [5.74, 6) is 1.65. The Morgan fingerprint density at radius 3 is 2.32 bits per heavy atom. The molecule has 1 aliphatic heterocycles. The summed E-state index contributed by atoms with van der Waals surface area (Å²) in [7, 11) is 4.76. The highest BCUT2D eigenvalue weighted by Gasteiger charge is 2.32. The molecule has 1 aromatic carbocycles. The molecule has 2 atom stereocenters. The number of anilines is 2.